The van der Waals surface area contributed by atoms with Crippen molar-refractivity contribution in [1.82, 2.24) is 9.80 Å². The molecular weight excluding hydrogens is 520 g/mol. The third-order valence-electron chi connectivity index (χ3n) is 10.2. The number of likely N-dealkylation sites (N-methyl/N-ethyl adjacent to an activating group) is 1. The maximum absolute atomic E-state index is 8.00. The van der Waals surface area contributed by atoms with Crippen molar-refractivity contribution in [3.63, 3.8) is 0 Å². The van der Waals surface area contributed by atoms with Crippen LogP contribution in [0.3, 0.4) is 0 Å². The molecule has 2 atom stereocenters. The highest BCUT2D eigenvalue weighted by Crippen LogP contribution is 2.48. The zero-order chi connectivity index (χ0) is 30.4. The van der Waals surface area contributed by atoms with Gasteiger partial charge in [-0.1, -0.05) is 51.5 Å². The third kappa shape index (κ3) is 6.33. The number of rotatable bonds is 6. The molecule has 1 spiro atoms. The molecule has 42 heavy (non-hydrogen) atoms. The van der Waals surface area contributed by atoms with Gasteiger partial charge in [0.15, 0.2) is 0 Å². The van der Waals surface area contributed by atoms with Crippen LogP contribution in [0.15, 0.2) is 40.5 Å². The molecule has 6 rings (SSSR count). The van der Waals surface area contributed by atoms with Crippen molar-refractivity contribution in [2.45, 2.75) is 98.1 Å². The fourth-order valence-electron chi connectivity index (χ4n) is 7.63. The second-order valence-corrected chi connectivity index (χ2v) is 12.2. The molecule has 1 radical (unpaired) electrons. The minimum Gasteiger partial charge on any atom is -0.496 e. The molecule has 2 bridgehead atoms. The number of hydrogen-bond acceptors (Lipinski definition) is 5. The first-order valence-corrected chi connectivity index (χ1v) is 16.2. The van der Waals surface area contributed by atoms with Gasteiger partial charge in [0.25, 0.3) is 0 Å². The van der Waals surface area contributed by atoms with Gasteiger partial charge in [0, 0.05) is 43.1 Å². The normalized spacial score (nSPS) is 24.3. The van der Waals surface area contributed by atoms with Crippen molar-refractivity contribution in [2.24, 2.45) is 5.92 Å². The number of aryl methyl sites for hydroxylation is 2. The summed E-state index contributed by atoms with van der Waals surface area (Å²) in [5.41, 5.74) is 10.1. The molecular formula is C37H53N2O3. The summed E-state index contributed by atoms with van der Waals surface area (Å²) < 4.78 is 12.0. The summed E-state index contributed by atoms with van der Waals surface area (Å²) in [6.07, 6.45) is 16.2. The van der Waals surface area contributed by atoms with Crippen molar-refractivity contribution in [3.05, 3.63) is 76.1 Å². The van der Waals surface area contributed by atoms with Crippen molar-refractivity contribution >= 4 is 12.4 Å². The lowest BCUT2D eigenvalue weighted by molar-refractivity contribution is -0.0980. The highest BCUT2D eigenvalue weighted by molar-refractivity contribution is 5.88. The van der Waals surface area contributed by atoms with Crippen LogP contribution in [-0.2, 0) is 17.8 Å². The molecule has 229 valence electrons. The second-order valence-electron chi connectivity index (χ2n) is 12.2. The topological polar surface area (TPSA) is 45.9 Å². The molecule has 2 fully saturated rings. The zero-order valence-corrected chi connectivity index (χ0v) is 27.2. The molecule has 1 aromatic heterocycles. The van der Waals surface area contributed by atoms with E-state index >= 15 is 0 Å². The van der Waals surface area contributed by atoms with E-state index in [1.807, 2.05) is 34.0 Å². The minimum atomic E-state index is 0.189. The van der Waals surface area contributed by atoms with Crippen molar-refractivity contribution in [3.8, 4) is 5.75 Å². The van der Waals surface area contributed by atoms with Gasteiger partial charge in [0.05, 0.1) is 19.9 Å². The first-order chi connectivity index (χ1) is 20.5. The standard InChI is InChI=1S/C34H45N2O2.C2H6.CH2O/c1-6-26-18-30-16-25(8-9-28-17-29(27-10-11-27)19-31(37-5)33(26)28)20-36(7-2)34(30)12-14-35(15-13-34)21-32-24(4)23(3)22-38-32;2*1-2/h10-11,17-19,22,25-26H,6-9,12-16,20-21H2,1-5H3;1-2H3;1H2/b30-18+;;. The van der Waals surface area contributed by atoms with Crippen LogP contribution in [0, 0.1) is 26.2 Å². The number of fused-ring (bicyclic) bond motifs is 4. The van der Waals surface area contributed by atoms with Crippen LogP contribution in [0.4, 0.5) is 0 Å². The van der Waals surface area contributed by atoms with E-state index in [0.717, 1.165) is 56.4 Å². The zero-order valence-electron chi connectivity index (χ0n) is 27.2. The molecule has 2 saturated heterocycles. The van der Waals surface area contributed by atoms with Gasteiger partial charge in [-0.2, -0.15) is 0 Å². The molecule has 1 aromatic carbocycles. The van der Waals surface area contributed by atoms with Crippen LogP contribution >= 0.6 is 0 Å². The molecule has 5 nitrogen and oxygen atoms in total. The maximum Gasteiger partial charge on any atom is 0.123 e. The van der Waals surface area contributed by atoms with Gasteiger partial charge in [-0.15, -0.1) is 0 Å². The molecule has 3 heterocycles. The lowest BCUT2D eigenvalue weighted by Crippen LogP contribution is -2.60. The van der Waals surface area contributed by atoms with E-state index in [2.05, 4.69) is 68.2 Å². The summed E-state index contributed by atoms with van der Waals surface area (Å²) in [7, 11) is 1.85. The first kappa shape index (κ1) is 32.3. The lowest BCUT2D eigenvalue weighted by atomic mass is 9.70. The molecule has 2 aliphatic heterocycles. The van der Waals surface area contributed by atoms with Crippen LogP contribution in [0.25, 0.3) is 5.57 Å². The van der Waals surface area contributed by atoms with E-state index in [1.165, 1.54) is 65.6 Å². The van der Waals surface area contributed by atoms with Crippen LogP contribution in [0.5, 0.6) is 5.75 Å². The average molecular weight is 574 g/mol. The SMILES string of the molecule is C=O.CC.CCC1/C=C2\CC(CCc3cc(C4=C[CH]4)cc(OC)c31)CN(CC)C21CCN(Cc2occ(C)c2C)CC1. The largest absolute Gasteiger partial charge is 0.496 e. The van der Waals surface area contributed by atoms with E-state index in [0.29, 0.717) is 5.92 Å². The molecule has 2 unspecified atom stereocenters. The molecule has 0 saturated carbocycles. The molecule has 4 aliphatic rings. The van der Waals surface area contributed by atoms with Gasteiger partial charge in [-0.3, -0.25) is 9.80 Å². The Labute approximate surface area is 255 Å². The van der Waals surface area contributed by atoms with E-state index < -0.39 is 0 Å². The Morgan fingerprint density at radius 3 is 2.40 bits per heavy atom. The average Bonchev–Trinajstić information content (AvgIpc) is 3.84. The number of ether oxygens (including phenoxy) is 1. The number of hydrogen-bond donors (Lipinski definition) is 0. The van der Waals surface area contributed by atoms with Crippen molar-refractivity contribution in [1.29, 1.82) is 0 Å². The maximum atomic E-state index is 8.00. The third-order valence-corrected chi connectivity index (χ3v) is 10.2. The van der Waals surface area contributed by atoms with E-state index in [9.17, 15) is 0 Å². The summed E-state index contributed by atoms with van der Waals surface area (Å²) in [4.78, 5) is 13.5. The second kappa shape index (κ2) is 14.2. The first-order valence-electron chi connectivity index (χ1n) is 16.2. The number of carbonyl (C=O) groups excluding carboxylic acids is 1. The van der Waals surface area contributed by atoms with Crippen molar-refractivity contribution < 1.29 is 13.9 Å². The van der Waals surface area contributed by atoms with Gasteiger partial charge < -0.3 is 13.9 Å². The Morgan fingerprint density at radius 2 is 1.83 bits per heavy atom. The van der Waals surface area contributed by atoms with Gasteiger partial charge in [0.1, 0.15) is 18.3 Å². The van der Waals surface area contributed by atoms with E-state index in [4.69, 9.17) is 13.9 Å². The van der Waals surface area contributed by atoms with E-state index in [-0.39, 0.29) is 5.54 Å². The smallest absolute Gasteiger partial charge is 0.123 e. The van der Waals surface area contributed by atoms with Crippen LogP contribution in [0.2, 0.25) is 0 Å². The van der Waals surface area contributed by atoms with Gasteiger partial charge >= 0.3 is 0 Å². The fraction of sp³-hybridized carbons (Fsp3) is 0.568. The van der Waals surface area contributed by atoms with Crippen molar-refractivity contribution in [2.75, 3.05) is 33.3 Å². The predicted octanol–water partition coefficient (Wildman–Crippen LogP) is 8.09. The highest BCUT2D eigenvalue weighted by atomic mass is 16.5. The van der Waals surface area contributed by atoms with Gasteiger partial charge in [-0.25, -0.2) is 0 Å². The van der Waals surface area contributed by atoms with Crippen LogP contribution in [0.1, 0.15) is 99.3 Å². The molecule has 0 N–H and O–H groups in total. The van der Waals surface area contributed by atoms with Gasteiger partial charge in [0.2, 0.25) is 0 Å². The summed E-state index contributed by atoms with van der Waals surface area (Å²) in [5.74, 6) is 3.35. The number of likely N-dealkylation sites (tertiary alicyclic amines) is 2. The number of benzene rings is 1. The highest BCUT2D eigenvalue weighted by Gasteiger charge is 2.47. The molecule has 5 heteroatoms. The minimum absolute atomic E-state index is 0.189. The Balaban J connectivity index is 0.000000972. The Bertz CT molecular complexity index is 1260. The summed E-state index contributed by atoms with van der Waals surface area (Å²) in [6.45, 7) is 20.6. The fourth-order valence-corrected chi connectivity index (χ4v) is 7.63. The lowest BCUT2D eigenvalue weighted by Gasteiger charge is -2.55. The number of piperidine rings is 2. The quantitative estimate of drug-likeness (QED) is 0.327. The molecule has 2 aromatic rings. The summed E-state index contributed by atoms with van der Waals surface area (Å²) >= 11 is 0. The predicted molar refractivity (Wildman–Crippen MR) is 174 cm³/mol. The van der Waals surface area contributed by atoms with E-state index in [1.54, 1.807) is 5.57 Å². The monoisotopic (exact) mass is 573 g/mol. The summed E-state index contributed by atoms with van der Waals surface area (Å²) in [5, 5.41) is 0. The van der Waals surface area contributed by atoms with Crippen LogP contribution < -0.4 is 4.74 Å². The number of nitrogens with zero attached hydrogens (tertiary/aromatic N) is 2. The van der Waals surface area contributed by atoms with Crippen LogP contribution in [-0.4, -0.2) is 55.4 Å². The molecule has 0 amide bonds. The summed E-state index contributed by atoms with van der Waals surface area (Å²) in [6, 6.07) is 4.75. The number of allylic oxidation sites excluding steroid dienone is 3. The number of methoxy groups -OCH3 is 1. The Morgan fingerprint density at radius 1 is 1.12 bits per heavy atom. The van der Waals surface area contributed by atoms with Gasteiger partial charge in [-0.05, 0) is 98.7 Å². The number of furan rings is 1. The Kier molecular flexibility index (Phi) is 10.9. The molecule has 2 aliphatic carbocycles. The Hall–Kier alpha value is -2.63. The number of carbonyl (C=O) groups is 1.